The van der Waals surface area contributed by atoms with Crippen molar-refractivity contribution in [2.45, 2.75) is 40.0 Å². The van der Waals surface area contributed by atoms with Crippen molar-refractivity contribution in [2.24, 2.45) is 0 Å². The van der Waals surface area contributed by atoms with Gasteiger partial charge < -0.3 is 0 Å². The standard InChI is InChI=1S/C15H27P2.C5H5.Fe/c1-5-16(6-2)12-14-10-9-11-15(14)13-17(7-3)8-4;1-2-4-5-3-1;/h9-11H,5-8,12-13H2,1-4H3;1-5H;/q2*-1;+2. The molecule has 0 atom stereocenters. The van der Waals surface area contributed by atoms with Crippen LogP contribution in [0.3, 0.4) is 0 Å². The van der Waals surface area contributed by atoms with E-state index in [1.54, 1.807) is 11.1 Å². The first-order valence-corrected chi connectivity index (χ1v) is 12.4. The molecule has 0 N–H and O–H groups in total. The maximum atomic E-state index is 2.37. The van der Waals surface area contributed by atoms with Crippen molar-refractivity contribution in [3.05, 3.63) is 59.7 Å². The number of hydrogen-bond acceptors (Lipinski definition) is 0. The minimum atomic E-state index is 0. The van der Waals surface area contributed by atoms with Crippen LogP contribution in [0.25, 0.3) is 0 Å². The van der Waals surface area contributed by atoms with Crippen LogP contribution in [0, 0.1) is 0 Å². The molecule has 0 fully saturated rings. The van der Waals surface area contributed by atoms with E-state index in [1.165, 1.54) is 37.0 Å². The van der Waals surface area contributed by atoms with Crippen molar-refractivity contribution >= 4 is 15.8 Å². The van der Waals surface area contributed by atoms with Crippen LogP contribution in [0.15, 0.2) is 48.5 Å². The molecule has 130 valence electrons. The second-order valence-electron chi connectivity index (χ2n) is 5.46. The van der Waals surface area contributed by atoms with Gasteiger partial charge in [-0.3, -0.25) is 0 Å². The second-order valence-corrected chi connectivity index (χ2v) is 11.3. The summed E-state index contributed by atoms with van der Waals surface area (Å²) in [6.45, 7) is 9.40. The molecule has 0 radical (unpaired) electrons. The summed E-state index contributed by atoms with van der Waals surface area (Å²) in [6, 6.07) is 17.0. The average Bonchev–Trinajstić information content (AvgIpc) is 3.25. The van der Waals surface area contributed by atoms with Gasteiger partial charge in [0.1, 0.15) is 0 Å². The molecule has 0 heterocycles. The predicted molar refractivity (Wildman–Crippen MR) is 107 cm³/mol. The van der Waals surface area contributed by atoms with Crippen LogP contribution in [0.4, 0.5) is 0 Å². The van der Waals surface area contributed by atoms with Crippen LogP contribution in [-0.2, 0) is 29.4 Å². The third-order valence-corrected chi connectivity index (χ3v) is 9.29. The third kappa shape index (κ3) is 9.22. The van der Waals surface area contributed by atoms with Gasteiger partial charge >= 0.3 is 17.1 Å². The van der Waals surface area contributed by atoms with Gasteiger partial charge in [0.05, 0.1) is 0 Å². The molecular formula is C20H32FeP2. The van der Waals surface area contributed by atoms with Gasteiger partial charge in [-0.1, -0.05) is 33.9 Å². The topological polar surface area (TPSA) is 0 Å². The molecule has 0 aliphatic heterocycles. The number of hydrogen-bond donors (Lipinski definition) is 0. The molecular weight excluding hydrogens is 358 g/mol. The first-order valence-electron chi connectivity index (χ1n) is 8.59. The summed E-state index contributed by atoms with van der Waals surface area (Å²) < 4.78 is 0. The van der Waals surface area contributed by atoms with Gasteiger partial charge in [0.15, 0.2) is 0 Å². The van der Waals surface area contributed by atoms with Gasteiger partial charge in [0, 0.05) is 0 Å². The van der Waals surface area contributed by atoms with Gasteiger partial charge in [-0.15, -0.1) is 15.8 Å². The molecule has 0 bridgehead atoms. The first kappa shape index (κ1) is 23.1. The Morgan fingerprint density at radius 2 is 1.30 bits per heavy atom. The smallest absolute Gasteiger partial charge is 0.214 e. The normalized spacial score (nSPS) is 10.3. The minimum absolute atomic E-state index is 0. The van der Waals surface area contributed by atoms with Crippen LogP contribution in [-0.4, -0.2) is 24.6 Å². The SMILES string of the molecule is CCP(CC)Cc1cc[cH-]c1CP(CC)CC.[Fe+2].c1cc[cH-]c1. The van der Waals surface area contributed by atoms with Crippen molar-refractivity contribution in [2.75, 3.05) is 24.6 Å². The van der Waals surface area contributed by atoms with Crippen LogP contribution in [0.2, 0.25) is 0 Å². The molecule has 3 heteroatoms. The fraction of sp³-hybridized carbons (Fsp3) is 0.500. The van der Waals surface area contributed by atoms with Crippen molar-refractivity contribution < 1.29 is 17.1 Å². The summed E-state index contributed by atoms with van der Waals surface area (Å²) in [6.07, 6.45) is 8.25. The Balaban J connectivity index is 0.000000684. The van der Waals surface area contributed by atoms with E-state index in [0.717, 1.165) is 0 Å². The summed E-state index contributed by atoms with van der Waals surface area (Å²) in [5.74, 6) is 0. The summed E-state index contributed by atoms with van der Waals surface area (Å²) in [4.78, 5) is 0. The third-order valence-electron chi connectivity index (χ3n) is 4.14. The number of rotatable bonds is 8. The molecule has 0 aliphatic rings. The zero-order chi connectivity index (χ0) is 16.2. The monoisotopic (exact) mass is 390 g/mol. The molecule has 0 aromatic heterocycles. The molecule has 0 aliphatic carbocycles. The van der Waals surface area contributed by atoms with Crippen molar-refractivity contribution in [3.8, 4) is 0 Å². The van der Waals surface area contributed by atoms with E-state index >= 15 is 0 Å². The quantitative estimate of drug-likeness (QED) is 0.263. The average molecular weight is 390 g/mol. The zero-order valence-electron chi connectivity index (χ0n) is 15.1. The maximum Gasteiger partial charge on any atom is 2.00 e. The van der Waals surface area contributed by atoms with E-state index in [1.807, 2.05) is 30.3 Å². The van der Waals surface area contributed by atoms with Crippen molar-refractivity contribution in [1.82, 2.24) is 0 Å². The van der Waals surface area contributed by atoms with Crippen LogP contribution in [0.5, 0.6) is 0 Å². The van der Waals surface area contributed by atoms with Gasteiger partial charge in [-0.25, -0.2) is 18.2 Å². The van der Waals surface area contributed by atoms with E-state index in [-0.39, 0.29) is 32.9 Å². The second kappa shape index (κ2) is 14.4. The molecule has 23 heavy (non-hydrogen) atoms. The predicted octanol–water partition coefficient (Wildman–Crippen LogP) is 6.85. The largest absolute Gasteiger partial charge is 2.00 e. The van der Waals surface area contributed by atoms with Gasteiger partial charge in [0.2, 0.25) is 0 Å². The Morgan fingerprint density at radius 3 is 1.74 bits per heavy atom. The summed E-state index contributed by atoms with van der Waals surface area (Å²) in [5, 5.41) is 0. The van der Waals surface area contributed by atoms with Crippen molar-refractivity contribution in [3.63, 3.8) is 0 Å². The van der Waals surface area contributed by atoms with Crippen LogP contribution in [0.1, 0.15) is 38.8 Å². The molecule has 0 saturated heterocycles. The first-order chi connectivity index (χ1) is 10.7. The molecule has 0 spiro atoms. The molecule has 0 nitrogen and oxygen atoms in total. The molecule has 0 unspecified atom stereocenters. The Hall–Kier alpha value is 0.0795. The fourth-order valence-corrected chi connectivity index (χ4v) is 5.87. The van der Waals surface area contributed by atoms with Gasteiger partial charge in [0.25, 0.3) is 0 Å². The Labute approximate surface area is 157 Å². The molecule has 2 aromatic carbocycles. The van der Waals surface area contributed by atoms with E-state index < -0.39 is 0 Å². The summed E-state index contributed by atoms with van der Waals surface area (Å²) >= 11 is 0. The van der Waals surface area contributed by atoms with Gasteiger partial charge in [-0.05, 0) is 30.8 Å². The zero-order valence-corrected chi connectivity index (χ0v) is 18.0. The Kier molecular flexibility index (Phi) is 14.5. The molecule has 0 saturated carbocycles. The van der Waals surface area contributed by atoms with E-state index in [2.05, 4.69) is 45.9 Å². The van der Waals surface area contributed by atoms with Crippen LogP contribution >= 0.6 is 15.8 Å². The van der Waals surface area contributed by atoms with E-state index in [9.17, 15) is 0 Å². The molecule has 2 aromatic rings. The summed E-state index contributed by atoms with van der Waals surface area (Å²) in [7, 11) is 0.501. The van der Waals surface area contributed by atoms with E-state index in [0.29, 0.717) is 0 Å². The van der Waals surface area contributed by atoms with Crippen LogP contribution < -0.4 is 0 Å². The van der Waals surface area contributed by atoms with E-state index in [4.69, 9.17) is 0 Å². The maximum absolute atomic E-state index is 2.37. The molecule has 2 rings (SSSR count). The minimum Gasteiger partial charge on any atom is -0.214 e. The van der Waals surface area contributed by atoms with Crippen molar-refractivity contribution in [1.29, 1.82) is 0 Å². The van der Waals surface area contributed by atoms with Gasteiger partial charge in [-0.2, -0.15) is 41.5 Å². The summed E-state index contributed by atoms with van der Waals surface area (Å²) in [5.41, 5.74) is 3.32. The fourth-order valence-electron chi connectivity index (χ4n) is 2.50. The Morgan fingerprint density at radius 1 is 0.783 bits per heavy atom. The molecule has 0 amide bonds. The Bertz CT molecular complexity index is 408.